The van der Waals surface area contributed by atoms with E-state index in [1.54, 1.807) is 0 Å². The van der Waals surface area contributed by atoms with Crippen molar-refractivity contribution in [2.24, 2.45) is 0 Å². The van der Waals surface area contributed by atoms with Crippen LogP contribution in [0.1, 0.15) is 26.3 Å². The fourth-order valence-corrected chi connectivity index (χ4v) is 3.35. The van der Waals surface area contributed by atoms with Crippen LogP contribution in [-0.4, -0.2) is 44.4 Å². The lowest BCUT2D eigenvalue weighted by molar-refractivity contribution is -0.384. The molecule has 9 nitrogen and oxygen atoms in total. The maximum atomic E-state index is 12.5. The van der Waals surface area contributed by atoms with Crippen LogP contribution in [0.25, 0.3) is 6.08 Å². The van der Waals surface area contributed by atoms with Crippen molar-refractivity contribution in [1.29, 1.82) is 0 Å². The highest BCUT2D eigenvalue weighted by Gasteiger charge is 2.36. The summed E-state index contributed by atoms with van der Waals surface area (Å²) in [5.74, 6) is -2.26. The van der Waals surface area contributed by atoms with Crippen molar-refractivity contribution in [2.45, 2.75) is 0 Å². The predicted octanol–water partition coefficient (Wildman–Crippen LogP) is 3.21. The van der Waals surface area contributed by atoms with Gasteiger partial charge < -0.3 is 5.11 Å². The van der Waals surface area contributed by atoms with Gasteiger partial charge in [0.15, 0.2) is 5.78 Å². The number of benzene rings is 2. The summed E-state index contributed by atoms with van der Waals surface area (Å²) >= 11 is 0.671. The third kappa shape index (κ3) is 4.38. The molecule has 1 N–H and O–H groups in total. The quantitative estimate of drug-likeness (QED) is 0.331. The molecule has 0 unspecified atom stereocenters. The van der Waals surface area contributed by atoms with Gasteiger partial charge in [-0.05, 0) is 47.7 Å². The molecular formula is C19H12N2O7S. The first-order valence-corrected chi connectivity index (χ1v) is 8.94. The van der Waals surface area contributed by atoms with Crippen molar-refractivity contribution in [3.63, 3.8) is 0 Å². The number of nitro groups is 1. The van der Waals surface area contributed by atoms with Crippen LogP contribution in [0.15, 0.2) is 53.4 Å². The molecule has 1 aliphatic heterocycles. The van der Waals surface area contributed by atoms with Crippen molar-refractivity contribution in [2.75, 3.05) is 6.54 Å². The lowest BCUT2D eigenvalue weighted by Gasteiger charge is -2.11. The number of carbonyl (C=O) groups excluding carboxylic acids is 3. The van der Waals surface area contributed by atoms with E-state index in [1.165, 1.54) is 54.6 Å². The van der Waals surface area contributed by atoms with Gasteiger partial charge in [-0.15, -0.1) is 0 Å². The summed E-state index contributed by atoms with van der Waals surface area (Å²) in [4.78, 5) is 58.8. The van der Waals surface area contributed by atoms with Gasteiger partial charge in [0.2, 0.25) is 0 Å². The van der Waals surface area contributed by atoms with E-state index in [-0.39, 0.29) is 21.7 Å². The minimum Gasteiger partial charge on any atom is -0.478 e. The third-order valence-corrected chi connectivity index (χ3v) is 4.94. The fraction of sp³-hybridized carbons (Fsp3) is 0.0526. The summed E-state index contributed by atoms with van der Waals surface area (Å²) in [5.41, 5.74) is 0.582. The summed E-state index contributed by atoms with van der Waals surface area (Å²) in [5, 5.41) is 19.0. The number of aromatic carboxylic acids is 1. The molecule has 0 aliphatic carbocycles. The van der Waals surface area contributed by atoms with Gasteiger partial charge in [-0.2, -0.15) is 0 Å². The molecule has 2 aromatic carbocycles. The Labute approximate surface area is 167 Å². The largest absolute Gasteiger partial charge is 0.478 e. The molecule has 2 amide bonds. The maximum Gasteiger partial charge on any atom is 0.335 e. The fourth-order valence-electron chi connectivity index (χ4n) is 2.51. The number of carboxylic acids is 1. The number of hydrogen-bond donors (Lipinski definition) is 1. The first kappa shape index (κ1) is 20.0. The van der Waals surface area contributed by atoms with Crippen LogP contribution in [0, 0.1) is 10.1 Å². The molecule has 0 atom stereocenters. The summed E-state index contributed by atoms with van der Waals surface area (Å²) in [6, 6.07) is 10.6. The van der Waals surface area contributed by atoms with E-state index in [9.17, 15) is 29.3 Å². The van der Waals surface area contributed by atoms with Crippen LogP contribution < -0.4 is 0 Å². The molecular weight excluding hydrogens is 400 g/mol. The molecule has 0 radical (unpaired) electrons. The van der Waals surface area contributed by atoms with Gasteiger partial charge in [0, 0.05) is 17.7 Å². The molecule has 10 heteroatoms. The van der Waals surface area contributed by atoms with E-state index in [2.05, 4.69) is 0 Å². The highest BCUT2D eigenvalue weighted by atomic mass is 32.2. The van der Waals surface area contributed by atoms with Gasteiger partial charge in [0.25, 0.3) is 16.8 Å². The molecule has 146 valence electrons. The number of Topliss-reactive ketones (excluding diaryl/α,β-unsaturated/α-hetero) is 1. The number of ketones is 1. The number of imide groups is 1. The minimum absolute atomic E-state index is 0.0870. The summed E-state index contributed by atoms with van der Waals surface area (Å²) in [6.07, 6.45) is 1.44. The van der Waals surface area contributed by atoms with E-state index in [1.807, 2.05) is 0 Å². The average Bonchev–Trinajstić information content (AvgIpc) is 2.95. The first-order valence-electron chi connectivity index (χ1n) is 8.12. The second kappa shape index (κ2) is 8.07. The number of carboxylic acid groups (broad SMARTS) is 1. The monoisotopic (exact) mass is 412 g/mol. The van der Waals surface area contributed by atoms with E-state index in [0.29, 0.717) is 17.3 Å². The van der Waals surface area contributed by atoms with Gasteiger partial charge in [0.1, 0.15) is 0 Å². The molecule has 1 heterocycles. The van der Waals surface area contributed by atoms with E-state index < -0.39 is 34.4 Å². The maximum absolute atomic E-state index is 12.5. The lowest BCUT2D eigenvalue weighted by atomic mass is 10.1. The van der Waals surface area contributed by atoms with Crippen molar-refractivity contribution in [3.8, 4) is 0 Å². The zero-order valence-corrected chi connectivity index (χ0v) is 15.4. The number of hydrogen-bond acceptors (Lipinski definition) is 7. The van der Waals surface area contributed by atoms with Crippen LogP contribution in [0.2, 0.25) is 0 Å². The molecule has 1 saturated heterocycles. The van der Waals surface area contributed by atoms with Gasteiger partial charge in [-0.25, -0.2) is 4.79 Å². The molecule has 0 bridgehead atoms. The van der Waals surface area contributed by atoms with Crippen LogP contribution in [0.5, 0.6) is 0 Å². The summed E-state index contributed by atoms with van der Waals surface area (Å²) in [7, 11) is 0. The minimum atomic E-state index is -1.08. The van der Waals surface area contributed by atoms with Gasteiger partial charge >= 0.3 is 5.97 Å². The van der Waals surface area contributed by atoms with Gasteiger partial charge in [-0.3, -0.25) is 29.4 Å². The first-order chi connectivity index (χ1) is 13.8. The van der Waals surface area contributed by atoms with Gasteiger partial charge in [0.05, 0.1) is 21.9 Å². The Kier molecular flexibility index (Phi) is 5.55. The zero-order valence-electron chi connectivity index (χ0n) is 14.6. The second-order valence-corrected chi connectivity index (χ2v) is 6.92. The number of nitrogens with zero attached hydrogens (tertiary/aromatic N) is 2. The Balaban J connectivity index is 1.73. The SMILES string of the molecule is O=C(O)c1ccc(/C=C2\SC(=O)N(CC(=O)c3ccc([N+](=O)[O-])cc3)C2=O)cc1. The number of carbonyl (C=O) groups is 4. The lowest BCUT2D eigenvalue weighted by Crippen LogP contribution is -2.33. The molecule has 29 heavy (non-hydrogen) atoms. The van der Waals surface area contributed by atoms with E-state index in [4.69, 9.17) is 5.11 Å². The zero-order chi connectivity index (χ0) is 21.1. The smallest absolute Gasteiger partial charge is 0.335 e. The molecule has 0 saturated carbocycles. The number of non-ortho nitro benzene ring substituents is 1. The van der Waals surface area contributed by atoms with Crippen molar-refractivity contribution in [3.05, 3.63) is 80.2 Å². The summed E-state index contributed by atoms with van der Waals surface area (Å²) < 4.78 is 0. The van der Waals surface area contributed by atoms with E-state index >= 15 is 0 Å². The Morgan fingerprint density at radius 1 is 1.03 bits per heavy atom. The standard InChI is InChI=1S/C19H12N2O7S/c22-15(12-5-7-14(8-6-12)21(27)28)10-20-17(23)16(29-19(20)26)9-11-1-3-13(4-2-11)18(24)25/h1-9H,10H2,(H,24,25)/b16-9-. The van der Waals surface area contributed by atoms with Crippen LogP contribution >= 0.6 is 11.8 Å². The molecule has 3 rings (SSSR count). The Morgan fingerprint density at radius 2 is 1.62 bits per heavy atom. The molecule has 1 fully saturated rings. The predicted molar refractivity (Wildman–Crippen MR) is 104 cm³/mol. The Morgan fingerprint density at radius 3 is 2.17 bits per heavy atom. The number of rotatable bonds is 6. The molecule has 1 aliphatic rings. The van der Waals surface area contributed by atoms with Crippen LogP contribution in [0.3, 0.4) is 0 Å². The molecule has 0 aromatic heterocycles. The second-order valence-electron chi connectivity index (χ2n) is 5.92. The molecule has 2 aromatic rings. The van der Waals surface area contributed by atoms with Crippen LogP contribution in [-0.2, 0) is 4.79 Å². The van der Waals surface area contributed by atoms with Crippen molar-refractivity contribution >= 4 is 46.4 Å². The number of amides is 2. The van der Waals surface area contributed by atoms with Crippen LogP contribution in [0.4, 0.5) is 10.5 Å². The highest BCUT2D eigenvalue weighted by molar-refractivity contribution is 8.18. The topological polar surface area (TPSA) is 135 Å². The Hall–Kier alpha value is -3.79. The van der Waals surface area contributed by atoms with Gasteiger partial charge in [-0.1, -0.05) is 12.1 Å². The average molecular weight is 412 g/mol. The summed E-state index contributed by atoms with van der Waals surface area (Å²) in [6.45, 7) is -0.488. The normalized spacial score (nSPS) is 15.0. The third-order valence-electron chi connectivity index (χ3n) is 4.03. The number of thioether (sulfide) groups is 1. The Bertz CT molecular complexity index is 1060. The number of nitro benzene ring substituents is 1. The van der Waals surface area contributed by atoms with Crippen molar-refractivity contribution < 1.29 is 29.2 Å². The highest BCUT2D eigenvalue weighted by Crippen LogP contribution is 2.32. The van der Waals surface area contributed by atoms with Crippen molar-refractivity contribution in [1.82, 2.24) is 4.90 Å². The molecule has 0 spiro atoms. The van der Waals surface area contributed by atoms with E-state index in [0.717, 1.165) is 4.90 Å².